The van der Waals surface area contributed by atoms with Crippen molar-refractivity contribution in [2.24, 2.45) is 5.41 Å². The second-order valence-electron chi connectivity index (χ2n) is 9.93. The van der Waals surface area contributed by atoms with E-state index < -0.39 is 21.1 Å². The molecule has 196 valence electrons. The number of amides is 1. The van der Waals surface area contributed by atoms with Gasteiger partial charge in [-0.15, -0.1) is 0 Å². The van der Waals surface area contributed by atoms with Gasteiger partial charge in [0.2, 0.25) is 0 Å². The van der Waals surface area contributed by atoms with E-state index in [1.807, 2.05) is 11.6 Å². The number of carbonyl (C=O) groups is 2. The number of benzene rings is 1. The van der Waals surface area contributed by atoms with Crippen LogP contribution in [0.15, 0.2) is 29.2 Å². The Hall–Kier alpha value is -2.72. The molecule has 10 heteroatoms. The van der Waals surface area contributed by atoms with Crippen molar-refractivity contribution in [3.63, 3.8) is 0 Å². The van der Waals surface area contributed by atoms with E-state index in [0.717, 1.165) is 30.7 Å². The molecule has 0 atom stereocenters. The second kappa shape index (κ2) is 10.7. The third kappa shape index (κ3) is 5.34. The van der Waals surface area contributed by atoms with Gasteiger partial charge in [0.05, 0.1) is 39.3 Å². The molecule has 1 aromatic heterocycles. The summed E-state index contributed by atoms with van der Waals surface area (Å²) >= 11 is 0. The molecule has 0 saturated carbocycles. The van der Waals surface area contributed by atoms with Gasteiger partial charge in [0.1, 0.15) is 0 Å². The average molecular weight is 518 g/mol. The molecule has 0 aliphatic carbocycles. The summed E-state index contributed by atoms with van der Waals surface area (Å²) in [6, 6.07) is 5.95. The third-order valence-electron chi connectivity index (χ3n) is 7.18. The van der Waals surface area contributed by atoms with Crippen molar-refractivity contribution in [1.29, 1.82) is 0 Å². The molecule has 1 spiro atoms. The molecule has 2 aliphatic heterocycles. The highest BCUT2D eigenvalue weighted by Gasteiger charge is 2.39. The number of aromatic nitrogens is 2. The van der Waals surface area contributed by atoms with E-state index >= 15 is 0 Å². The standard InChI is InChI=1S/C26H35N3O6S/c1-4-21-23-22(16-26(17-27-24(23)30)9-13-34-14-10-26)29(28-21)11-6-12-35-25(31)19-7-5-8-20(15-19)36(32,33)18(2)3/h5,7-8,15,18H,4,6,9-14,16-17H2,1-3H3,(H,27,30). The van der Waals surface area contributed by atoms with Gasteiger partial charge in [0, 0.05) is 32.7 Å². The number of sulfone groups is 1. The second-order valence-corrected chi connectivity index (χ2v) is 12.4. The van der Waals surface area contributed by atoms with Gasteiger partial charge in [0.25, 0.3) is 5.91 Å². The van der Waals surface area contributed by atoms with E-state index in [1.165, 1.54) is 12.1 Å². The highest BCUT2D eigenvalue weighted by atomic mass is 32.2. The lowest BCUT2D eigenvalue weighted by atomic mass is 9.76. The van der Waals surface area contributed by atoms with Gasteiger partial charge in [-0.3, -0.25) is 9.48 Å². The number of hydrogen-bond acceptors (Lipinski definition) is 7. The summed E-state index contributed by atoms with van der Waals surface area (Å²) in [6.07, 6.45) is 3.72. The van der Waals surface area contributed by atoms with Crippen molar-refractivity contribution in [3.05, 3.63) is 46.8 Å². The van der Waals surface area contributed by atoms with Crippen LogP contribution >= 0.6 is 0 Å². The third-order valence-corrected chi connectivity index (χ3v) is 9.33. The molecule has 9 nitrogen and oxygen atoms in total. The fourth-order valence-corrected chi connectivity index (χ4v) is 6.00. The van der Waals surface area contributed by atoms with Gasteiger partial charge in [-0.2, -0.15) is 5.10 Å². The zero-order valence-corrected chi connectivity index (χ0v) is 22.0. The van der Waals surface area contributed by atoms with Crippen LogP contribution < -0.4 is 5.32 Å². The zero-order valence-electron chi connectivity index (χ0n) is 21.2. The van der Waals surface area contributed by atoms with Crippen LogP contribution in [0.4, 0.5) is 0 Å². The van der Waals surface area contributed by atoms with E-state index in [9.17, 15) is 18.0 Å². The van der Waals surface area contributed by atoms with Crippen LogP contribution in [0.1, 0.15) is 72.1 Å². The number of nitrogens with zero attached hydrogens (tertiary/aromatic N) is 2. The fourth-order valence-electron chi connectivity index (χ4n) is 4.89. The van der Waals surface area contributed by atoms with Crippen LogP contribution in [0.2, 0.25) is 0 Å². The van der Waals surface area contributed by atoms with Crippen molar-refractivity contribution >= 4 is 21.7 Å². The number of nitrogens with one attached hydrogen (secondary N) is 1. The minimum atomic E-state index is -3.48. The number of hydrogen-bond donors (Lipinski definition) is 1. The quantitative estimate of drug-likeness (QED) is 0.423. The Morgan fingerprint density at radius 1 is 1.28 bits per heavy atom. The van der Waals surface area contributed by atoms with Gasteiger partial charge in [0.15, 0.2) is 9.84 Å². The number of fused-ring (bicyclic) bond motifs is 1. The lowest BCUT2D eigenvalue weighted by molar-refractivity contribution is 0.0152. The predicted molar refractivity (Wildman–Crippen MR) is 134 cm³/mol. The Morgan fingerprint density at radius 2 is 2.03 bits per heavy atom. The summed E-state index contributed by atoms with van der Waals surface area (Å²) in [4.78, 5) is 25.6. The maximum Gasteiger partial charge on any atom is 0.338 e. The molecular formula is C26H35N3O6S. The predicted octanol–water partition coefficient (Wildman–Crippen LogP) is 2.96. The lowest BCUT2D eigenvalue weighted by Crippen LogP contribution is -2.40. The van der Waals surface area contributed by atoms with Crippen molar-refractivity contribution in [2.75, 3.05) is 26.4 Å². The Labute approximate surface area is 212 Å². The fraction of sp³-hybridized carbons (Fsp3) is 0.577. The molecule has 1 amide bonds. The van der Waals surface area contributed by atoms with Crippen LogP contribution in [0.25, 0.3) is 0 Å². The van der Waals surface area contributed by atoms with Crippen LogP contribution in [0.5, 0.6) is 0 Å². The maximum atomic E-state index is 12.9. The number of ether oxygens (including phenoxy) is 2. The van der Waals surface area contributed by atoms with E-state index in [-0.39, 0.29) is 28.4 Å². The normalized spacial score (nSPS) is 17.5. The van der Waals surface area contributed by atoms with Gasteiger partial charge in [-0.1, -0.05) is 13.0 Å². The first-order valence-corrected chi connectivity index (χ1v) is 14.2. The molecule has 2 aromatic rings. The molecule has 0 bridgehead atoms. The molecule has 1 aromatic carbocycles. The molecular weight excluding hydrogens is 482 g/mol. The summed E-state index contributed by atoms with van der Waals surface area (Å²) in [7, 11) is -3.48. The summed E-state index contributed by atoms with van der Waals surface area (Å²) in [6.45, 7) is 7.88. The van der Waals surface area contributed by atoms with Crippen LogP contribution in [0.3, 0.4) is 0 Å². The van der Waals surface area contributed by atoms with Crippen LogP contribution in [-0.2, 0) is 38.7 Å². The average Bonchev–Trinajstić information content (AvgIpc) is 3.15. The Morgan fingerprint density at radius 3 is 2.72 bits per heavy atom. The molecule has 1 N–H and O–H groups in total. The minimum absolute atomic E-state index is 0.0320. The van der Waals surface area contributed by atoms with Crippen molar-refractivity contribution < 1.29 is 27.5 Å². The van der Waals surface area contributed by atoms with Crippen molar-refractivity contribution in [1.82, 2.24) is 15.1 Å². The van der Waals surface area contributed by atoms with Gasteiger partial charge in [-0.25, -0.2) is 13.2 Å². The summed E-state index contributed by atoms with van der Waals surface area (Å²) in [5.41, 5.74) is 2.58. The first kappa shape index (κ1) is 26.3. The van der Waals surface area contributed by atoms with Gasteiger partial charge in [-0.05, 0) is 63.1 Å². The molecule has 0 radical (unpaired) electrons. The first-order chi connectivity index (χ1) is 17.2. The van der Waals surface area contributed by atoms with Gasteiger partial charge < -0.3 is 14.8 Å². The molecule has 0 unspecified atom stereocenters. The van der Waals surface area contributed by atoms with E-state index in [2.05, 4.69) is 5.32 Å². The Bertz CT molecular complexity index is 1230. The molecule has 1 saturated heterocycles. The van der Waals surface area contributed by atoms with Crippen molar-refractivity contribution in [3.8, 4) is 0 Å². The lowest BCUT2D eigenvalue weighted by Gasteiger charge is -2.36. The maximum absolute atomic E-state index is 12.9. The molecule has 1 fully saturated rings. The number of aryl methyl sites for hydroxylation is 2. The molecule has 36 heavy (non-hydrogen) atoms. The summed E-state index contributed by atoms with van der Waals surface area (Å²) in [5, 5.41) is 7.26. The topological polar surface area (TPSA) is 117 Å². The van der Waals surface area contributed by atoms with Crippen LogP contribution in [0, 0.1) is 5.41 Å². The summed E-state index contributed by atoms with van der Waals surface area (Å²) in [5.74, 6) is -0.635. The largest absolute Gasteiger partial charge is 0.462 e. The molecule has 4 rings (SSSR count). The van der Waals surface area contributed by atoms with E-state index in [0.29, 0.717) is 44.7 Å². The monoisotopic (exact) mass is 517 g/mol. The number of carbonyl (C=O) groups excluding carboxylic acids is 2. The van der Waals surface area contributed by atoms with Gasteiger partial charge >= 0.3 is 5.97 Å². The van der Waals surface area contributed by atoms with Crippen molar-refractivity contribution in [2.45, 2.75) is 69.6 Å². The first-order valence-electron chi connectivity index (χ1n) is 12.6. The molecule has 2 aliphatic rings. The zero-order chi connectivity index (χ0) is 25.9. The summed E-state index contributed by atoms with van der Waals surface area (Å²) < 4.78 is 37.8. The van der Waals surface area contributed by atoms with Crippen LogP contribution in [-0.4, -0.2) is 61.7 Å². The highest BCUT2D eigenvalue weighted by Crippen LogP contribution is 2.37. The SMILES string of the molecule is CCc1nn(CCCOC(=O)c2cccc(S(=O)(=O)C(C)C)c2)c2c1C(=O)NCC1(CCOCC1)C2. The smallest absolute Gasteiger partial charge is 0.338 e. The Balaban J connectivity index is 1.43. The van der Waals surface area contributed by atoms with E-state index in [4.69, 9.17) is 14.6 Å². The van der Waals surface area contributed by atoms with E-state index in [1.54, 1.807) is 26.0 Å². The molecule has 3 heterocycles. The number of esters is 1. The minimum Gasteiger partial charge on any atom is -0.462 e. The Kier molecular flexibility index (Phi) is 7.85. The number of rotatable bonds is 8. The highest BCUT2D eigenvalue weighted by molar-refractivity contribution is 7.92.